The summed E-state index contributed by atoms with van der Waals surface area (Å²) in [6.07, 6.45) is -0.808. The second-order valence-electron chi connectivity index (χ2n) is 5.17. The zero-order valence-electron chi connectivity index (χ0n) is 12.8. The first-order valence-corrected chi connectivity index (χ1v) is 6.95. The molecule has 118 valence electrons. The standard InChI is InChI=1S/C15H19N3O4/c1-10-11(2)16-17(12(10)3)8-13(19)9-22-15-7-5-4-6-14(15)18(20)21/h4-7,13,19H,8-9H2,1-3H3/t13-/m0/s1. The zero-order chi connectivity index (χ0) is 16.3. The molecule has 7 nitrogen and oxygen atoms in total. The van der Waals surface area contributed by atoms with Crippen LogP contribution in [0.3, 0.4) is 0 Å². The number of hydrogen-bond donors (Lipinski definition) is 1. The van der Waals surface area contributed by atoms with Crippen LogP contribution in [-0.2, 0) is 6.54 Å². The molecule has 0 amide bonds. The lowest BCUT2D eigenvalue weighted by atomic mass is 10.2. The van der Waals surface area contributed by atoms with Gasteiger partial charge in [0.1, 0.15) is 12.7 Å². The van der Waals surface area contributed by atoms with Gasteiger partial charge in [-0.3, -0.25) is 14.8 Å². The summed E-state index contributed by atoms with van der Waals surface area (Å²) in [5, 5.41) is 25.3. The van der Waals surface area contributed by atoms with Gasteiger partial charge in [-0.05, 0) is 32.4 Å². The highest BCUT2D eigenvalue weighted by molar-refractivity contribution is 5.45. The minimum Gasteiger partial charge on any atom is -0.484 e. The lowest BCUT2D eigenvalue weighted by molar-refractivity contribution is -0.385. The number of rotatable bonds is 6. The van der Waals surface area contributed by atoms with Gasteiger partial charge in [-0.1, -0.05) is 12.1 Å². The Morgan fingerprint density at radius 1 is 1.36 bits per heavy atom. The van der Waals surface area contributed by atoms with Crippen molar-refractivity contribution in [1.82, 2.24) is 9.78 Å². The molecule has 1 N–H and O–H groups in total. The van der Waals surface area contributed by atoms with Gasteiger partial charge in [0, 0.05) is 11.8 Å². The lowest BCUT2D eigenvalue weighted by Crippen LogP contribution is -2.25. The molecule has 1 aromatic heterocycles. The van der Waals surface area contributed by atoms with E-state index < -0.39 is 11.0 Å². The highest BCUT2D eigenvalue weighted by atomic mass is 16.6. The van der Waals surface area contributed by atoms with Crippen LogP contribution >= 0.6 is 0 Å². The summed E-state index contributed by atoms with van der Waals surface area (Å²) in [6, 6.07) is 6.10. The summed E-state index contributed by atoms with van der Waals surface area (Å²) >= 11 is 0. The molecule has 0 aliphatic heterocycles. The van der Waals surface area contributed by atoms with Crippen LogP contribution in [0, 0.1) is 30.9 Å². The number of nitro groups is 1. The fraction of sp³-hybridized carbons (Fsp3) is 0.400. The number of aliphatic hydroxyl groups excluding tert-OH is 1. The molecule has 7 heteroatoms. The van der Waals surface area contributed by atoms with Gasteiger partial charge in [0.2, 0.25) is 0 Å². The Balaban J connectivity index is 2.00. The van der Waals surface area contributed by atoms with Gasteiger partial charge in [0.15, 0.2) is 5.75 Å². The highest BCUT2D eigenvalue weighted by Gasteiger charge is 2.16. The Kier molecular flexibility index (Phi) is 4.77. The van der Waals surface area contributed by atoms with E-state index in [1.54, 1.807) is 16.8 Å². The molecule has 2 aromatic rings. The van der Waals surface area contributed by atoms with Crippen molar-refractivity contribution < 1.29 is 14.8 Å². The quantitative estimate of drug-likeness (QED) is 0.652. The van der Waals surface area contributed by atoms with Crippen LogP contribution in [0.15, 0.2) is 24.3 Å². The molecule has 0 radical (unpaired) electrons. The molecule has 1 atom stereocenters. The molecule has 0 fully saturated rings. The molecule has 0 saturated carbocycles. The largest absolute Gasteiger partial charge is 0.484 e. The van der Waals surface area contributed by atoms with Crippen LogP contribution in [0.25, 0.3) is 0 Å². The van der Waals surface area contributed by atoms with E-state index in [1.165, 1.54) is 12.1 Å². The average Bonchev–Trinajstić information content (AvgIpc) is 2.72. The van der Waals surface area contributed by atoms with E-state index in [-0.39, 0.29) is 24.6 Å². The third-order valence-corrected chi connectivity index (χ3v) is 3.62. The van der Waals surface area contributed by atoms with Gasteiger partial charge in [0.25, 0.3) is 0 Å². The Hall–Kier alpha value is -2.41. The molecular weight excluding hydrogens is 286 g/mol. The van der Waals surface area contributed by atoms with Gasteiger partial charge >= 0.3 is 5.69 Å². The van der Waals surface area contributed by atoms with E-state index in [9.17, 15) is 15.2 Å². The number of benzene rings is 1. The average molecular weight is 305 g/mol. The Labute approximate surface area is 128 Å². The van der Waals surface area contributed by atoms with Crippen molar-refractivity contribution in [3.05, 3.63) is 51.3 Å². The first-order chi connectivity index (χ1) is 10.4. The van der Waals surface area contributed by atoms with Crippen molar-refractivity contribution in [2.75, 3.05) is 6.61 Å². The predicted octanol–water partition coefficient (Wildman–Crippen LogP) is 2.16. The molecule has 0 unspecified atom stereocenters. The number of aliphatic hydroxyl groups is 1. The summed E-state index contributed by atoms with van der Waals surface area (Å²) < 4.78 is 7.10. The third-order valence-electron chi connectivity index (χ3n) is 3.62. The van der Waals surface area contributed by atoms with E-state index in [0.717, 1.165) is 17.0 Å². The fourth-order valence-corrected chi connectivity index (χ4v) is 2.13. The first kappa shape index (κ1) is 16.0. The second kappa shape index (κ2) is 6.57. The lowest BCUT2D eigenvalue weighted by Gasteiger charge is -2.13. The molecule has 1 heterocycles. The van der Waals surface area contributed by atoms with Gasteiger partial charge in [-0.2, -0.15) is 5.10 Å². The van der Waals surface area contributed by atoms with Crippen LogP contribution in [0.2, 0.25) is 0 Å². The van der Waals surface area contributed by atoms with Crippen molar-refractivity contribution in [3.8, 4) is 5.75 Å². The number of ether oxygens (including phenoxy) is 1. The molecular formula is C15H19N3O4. The van der Waals surface area contributed by atoms with E-state index in [4.69, 9.17) is 4.74 Å². The van der Waals surface area contributed by atoms with E-state index >= 15 is 0 Å². The predicted molar refractivity (Wildman–Crippen MR) is 81.0 cm³/mol. The highest BCUT2D eigenvalue weighted by Crippen LogP contribution is 2.25. The smallest absolute Gasteiger partial charge is 0.310 e. The summed E-state index contributed by atoms with van der Waals surface area (Å²) in [5.41, 5.74) is 2.88. The normalized spacial score (nSPS) is 12.2. The van der Waals surface area contributed by atoms with Crippen molar-refractivity contribution in [1.29, 1.82) is 0 Å². The fourth-order valence-electron chi connectivity index (χ4n) is 2.13. The molecule has 0 aliphatic rings. The minimum atomic E-state index is -0.808. The molecule has 1 aromatic carbocycles. The van der Waals surface area contributed by atoms with Crippen LogP contribution in [0.5, 0.6) is 5.75 Å². The summed E-state index contributed by atoms with van der Waals surface area (Å²) in [5.74, 6) is 0.149. The zero-order valence-corrected chi connectivity index (χ0v) is 12.8. The van der Waals surface area contributed by atoms with E-state index in [2.05, 4.69) is 5.10 Å². The third kappa shape index (κ3) is 3.43. The monoisotopic (exact) mass is 305 g/mol. The Morgan fingerprint density at radius 3 is 2.64 bits per heavy atom. The van der Waals surface area contributed by atoms with Crippen molar-refractivity contribution in [2.24, 2.45) is 0 Å². The van der Waals surface area contributed by atoms with Gasteiger partial charge in [-0.15, -0.1) is 0 Å². The molecule has 0 saturated heterocycles. The van der Waals surface area contributed by atoms with Crippen molar-refractivity contribution in [3.63, 3.8) is 0 Å². The number of aromatic nitrogens is 2. The maximum atomic E-state index is 10.9. The van der Waals surface area contributed by atoms with E-state index in [1.807, 2.05) is 20.8 Å². The van der Waals surface area contributed by atoms with Gasteiger partial charge in [-0.25, -0.2) is 0 Å². The number of aryl methyl sites for hydroxylation is 1. The van der Waals surface area contributed by atoms with Crippen LogP contribution in [0.1, 0.15) is 17.0 Å². The van der Waals surface area contributed by atoms with Gasteiger partial charge in [0.05, 0.1) is 17.2 Å². The van der Waals surface area contributed by atoms with Crippen LogP contribution in [0.4, 0.5) is 5.69 Å². The minimum absolute atomic E-state index is 0.0394. The first-order valence-electron chi connectivity index (χ1n) is 6.95. The SMILES string of the molecule is Cc1nn(C[C@H](O)COc2ccccc2[N+](=O)[O-])c(C)c1C. The Morgan fingerprint density at radius 2 is 2.05 bits per heavy atom. The summed E-state index contributed by atoms with van der Waals surface area (Å²) in [7, 11) is 0. The number of nitro benzene ring substituents is 1. The number of nitrogens with zero attached hydrogens (tertiary/aromatic N) is 3. The van der Waals surface area contributed by atoms with Crippen LogP contribution < -0.4 is 4.74 Å². The maximum absolute atomic E-state index is 10.9. The van der Waals surface area contributed by atoms with Crippen LogP contribution in [-0.4, -0.2) is 32.5 Å². The molecule has 0 bridgehead atoms. The number of hydrogen-bond acceptors (Lipinski definition) is 5. The molecule has 0 aliphatic carbocycles. The Bertz CT molecular complexity index is 681. The topological polar surface area (TPSA) is 90.4 Å². The van der Waals surface area contributed by atoms with Crippen molar-refractivity contribution in [2.45, 2.75) is 33.4 Å². The maximum Gasteiger partial charge on any atom is 0.310 e. The van der Waals surface area contributed by atoms with Crippen molar-refractivity contribution >= 4 is 5.69 Å². The van der Waals surface area contributed by atoms with Gasteiger partial charge < -0.3 is 9.84 Å². The van der Waals surface area contributed by atoms with E-state index in [0.29, 0.717) is 0 Å². The second-order valence-corrected chi connectivity index (χ2v) is 5.17. The molecule has 2 rings (SSSR count). The number of para-hydroxylation sites is 2. The molecule has 22 heavy (non-hydrogen) atoms. The summed E-state index contributed by atoms with van der Waals surface area (Å²) in [6.45, 7) is 6.06. The summed E-state index contributed by atoms with van der Waals surface area (Å²) in [4.78, 5) is 10.4. The molecule has 0 spiro atoms.